The molecule has 1 amide bonds. The zero-order valence-corrected chi connectivity index (χ0v) is 8.17. The van der Waals surface area contributed by atoms with Gasteiger partial charge >= 0.3 is 0 Å². The van der Waals surface area contributed by atoms with Gasteiger partial charge in [-0.15, -0.1) is 5.10 Å². The van der Waals surface area contributed by atoms with Crippen LogP contribution in [0.2, 0.25) is 0 Å². The van der Waals surface area contributed by atoms with E-state index in [9.17, 15) is 4.79 Å². The lowest BCUT2D eigenvalue weighted by molar-refractivity contribution is 0.0956. The molecular weight excluding hydrogens is 188 g/mol. The first kappa shape index (κ1) is 10.1. The van der Waals surface area contributed by atoms with Crippen molar-refractivity contribution in [3.63, 3.8) is 0 Å². The van der Waals surface area contributed by atoms with E-state index in [1.165, 1.54) is 6.20 Å². The molecule has 1 unspecified atom stereocenters. The first-order chi connectivity index (χ1) is 6.20. The molecule has 5 nitrogen and oxygen atoms in total. The van der Waals surface area contributed by atoms with Crippen LogP contribution < -0.4 is 11.1 Å². The zero-order valence-electron chi connectivity index (χ0n) is 7.36. The van der Waals surface area contributed by atoms with Crippen LogP contribution in [0.5, 0.6) is 0 Å². The highest BCUT2D eigenvalue weighted by atomic mass is 32.1. The van der Waals surface area contributed by atoms with Gasteiger partial charge in [-0.25, -0.2) is 0 Å². The topological polar surface area (TPSA) is 80.9 Å². The second-order valence-electron chi connectivity index (χ2n) is 2.80. The molecule has 13 heavy (non-hydrogen) atoms. The Labute approximate surface area is 80.5 Å². The molecule has 6 heteroatoms. The lowest BCUT2D eigenvalue weighted by atomic mass is 10.2. The minimum absolute atomic E-state index is 0.111. The fourth-order valence-corrected chi connectivity index (χ4v) is 1.20. The van der Waals surface area contributed by atoms with Gasteiger partial charge in [-0.2, -0.15) is 0 Å². The lowest BCUT2D eigenvalue weighted by Gasteiger charge is -2.04. The molecule has 0 radical (unpaired) electrons. The maximum Gasteiger partial charge on any atom is 0.264 e. The molecule has 1 atom stereocenters. The quantitative estimate of drug-likeness (QED) is 0.717. The molecule has 72 valence electrons. The minimum Gasteiger partial charge on any atom is -0.351 e. The fourth-order valence-electron chi connectivity index (χ4n) is 0.768. The number of carbonyl (C=O) groups is 1. The monoisotopic (exact) mass is 200 g/mol. The highest BCUT2D eigenvalue weighted by Crippen LogP contribution is 2.00. The van der Waals surface area contributed by atoms with Gasteiger partial charge in [0.05, 0.1) is 6.20 Å². The van der Waals surface area contributed by atoms with E-state index >= 15 is 0 Å². The molecule has 1 rings (SSSR count). The molecule has 0 spiro atoms. The van der Waals surface area contributed by atoms with E-state index in [1.54, 1.807) is 0 Å². The molecule has 0 saturated carbocycles. The summed E-state index contributed by atoms with van der Waals surface area (Å²) < 4.78 is 3.59. The Bertz CT molecular complexity index is 259. The van der Waals surface area contributed by atoms with Crippen molar-refractivity contribution in [3.8, 4) is 0 Å². The third-order valence-corrected chi connectivity index (χ3v) is 2.13. The van der Waals surface area contributed by atoms with Crippen LogP contribution >= 0.6 is 11.5 Å². The average molecular weight is 200 g/mol. The van der Waals surface area contributed by atoms with Crippen LogP contribution in [0.3, 0.4) is 0 Å². The van der Waals surface area contributed by atoms with Crippen LogP contribution in [0, 0.1) is 0 Å². The molecule has 0 aliphatic rings. The van der Waals surface area contributed by atoms with Crippen LogP contribution in [0.25, 0.3) is 0 Å². The number of aromatic nitrogens is 2. The summed E-state index contributed by atoms with van der Waals surface area (Å²) in [4.78, 5) is 11.8. The normalized spacial score (nSPS) is 12.5. The van der Waals surface area contributed by atoms with Gasteiger partial charge in [-0.05, 0) is 24.9 Å². The summed E-state index contributed by atoms with van der Waals surface area (Å²) in [6, 6.07) is 0.111. The highest BCUT2D eigenvalue weighted by molar-refractivity contribution is 7.07. The molecule has 1 aromatic rings. The first-order valence-corrected chi connectivity index (χ1v) is 4.78. The summed E-state index contributed by atoms with van der Waals surface area (Å²) in [6.07, 6.45) is 2.23. The Morgan fingerprint density at radius 2 is 2.62 bits per heavy atom. The SMILES string of the molecule is CC(N)CCNC(=O)c1cnns1. The molecule has 0 saturated heterocycles. The average Bonchev–Trinajstić information content (AvgIpc) is 2.55. The number of nitrogens with one attached hydrogen (secondary N) is 1. The molecule has 0 aromatic carbocycles. The van der Waals surface area contributed by atoms with Crippen LogP contribution in [-0.4, -0.2) is 28.1 Å². The molecule has 1 heterocycles. The Morgan fingerprint density at radius 1 is 1.85 bits per heavy atom. The van der Waals surface area contributed by atoms with E-state index in [4.69, 9.17) is 5.73 Å². The van der Waals surface area contributed by atoms with Crippen LogP contribution in [0.1, 0.15) is 23.0 Å². The zero-order chi connectivity index (χ0) is 9.68. The Kier molecular flexibility index (Phi) is 3.78. The molecule has 1 aromatic heterocycles. The number of hydrogen-bond donors (Lipinski definition) is 2. The number of rotatable bonds is 4. The van der Waals surface area contributed by atoms with Gasteiger partial charge in [0, 0.05) is 12.6 Å². The summed E-state index contributed by atoms with van der Waals surface area (Å²) in [7, 11) is 0. The summed E-state index contributed by atoms with van der Waals surface area (Å²) in [5, 5.41) is 6.30. The second kappa shape index (κ2) is 4.88. The lowest BCUT2D eigenvalue weighted by Crippen LogP contribution is -2.28. The van der Waals surface area contributed by atoms with Crippen molar-refractivity contribution in [2.45, 2.75) is 19.4 Å². The van der Waals surface area contributed by atoms with E-state index < -0.39 is 0 Å². The second-order valence-corrected chi connectivity index (χ2v) is 3.59. The van der Waals surface area contributed by atoms with Gasteiger partial charge in [0.2, 0.25) is 0 Å². The van der Waals surface area contributed by atoms with Crippen LogP contribution in [0.4, 0.5) is 0 Å². The predicted octanol–water partition coefficient (Wildman–Crippen LogP) is 0.00520. The molecular formula is C7H12N4OS. The summed E-state index contributed by atoms with van der Waals surface area (Å²) in [6.45, 7) is 2.49. The van der Waals surface area contributed by atoms with E-state index in [-0.39, 0.29) is 11.9 Å². The van der Waals surface area contributed by atoms with Gasteiger partial charge in [0.15, 0.2) is 0 Å². The van der Waals surface area contributed by atoms with Crippen molar-refractivity contribution >= 4 is 17.4 Å². The van der Waals surface area contributed by atoms with E-state index in [0.29, 0.717) is 11.4 Å². The maximum absolute atomic E-state index is 11.3. The van der Waals surface area contributed by atoms with Crippen molar-refractivity contribution < 1.29 is 4.79 Å². The van der Waals surface area contributed by atoms with E-state index in [2.05, 4.69) is 14.9 Å². The number of nitrogens with two attached hydrogens (primary N) is 1. The Balaban J connectivity index is 2.27. The van der Waals surface area contributed by atoms with Gasteiger partial charge in [-0.1, -0.05) is 4.49 Å². The molecule has 0 aliphatic carbocycles. The van der Waals surface area contributed by atoms with Crippen molar-refractivity contribution in [3.05, 3.63) is 11.1 Å². The highest BCUT2D eigenvalue weighted by Gasteiger charge is 2.06. The van der Waals surface area contributed by atoms with Gasteiger partial charge in [0.1, 0.15) is 4.88 Å². The van der Waals surface area contributed by atoms with E-state index in [1.807, 2.05) is 6.92 Å². The summed E-state index contributed by atoms with van der Waals surface area (Å²) in [5.74, 6) is -0.129. The van der Waals surface area contributed by atoms with E-state index in [0.717, 1.165) is 18.0 Å². The Hall–Kier alpha value is -1.01. The van der Waals surface area contributed by atoms with Crippen molar-refractivity contribution in [2.24, 2.45) is 5.73 Å². The smallest absolute Gasteiger partial charge is 0.264 e. The van der Waals surface area contributed by atoms with Crippen molar-refractivity contribution in [2.75, 3.05) is 6.54 Å². The van der Waals surface area contributed by atoms with Crippen LogP contribution in [0.15, 0.2) is 6.20 Å². The summed E-state index contributed by atoms with van der Waals surface area (Å²) >= 11 is 1.09. The predicted molar refractivity (Wildman–Crippen MR) is 50.5 cm³/mol. The van der Waals surface area contributed by atoms with Crippen molar-refractivity contribution in [1.82, 2.24) is 14.9 Å². The Morgan fingerprint density at radius 3 is 3.15 bits per heavy atom. The number of carbonyl (C=O) groups excluding carboxylic acids is 1. The summed E-state index contributed by atoms with van der Waals surface area (Å²) in [5.41, 5.74) is 5.52. The van der Waals surface area contributed by atoms with Crippen LogP contribution in [-0.2, 0) is 0 Å². The van der Waals surface area contributed by atoms with Gasteiger partial charge in [-0.3, -0.25) is 4.79 Å². The number of amides is 1. The number of hydrogen-bond acceptors (Lipinski definition) is 5. The minimum atomic E-state index is -0.129. The van der Waals surface area contributed by atoms with Gasteiger partial charge < -0.3 is 11.1 Å². The molecule has 0 aliphatic heterocycles. The molecule has 0 fully saturated rings. The largest absolute Gasteiger partial charge is 0.351 e. The molecule has 0 bridgehead atoms. The standard InChI is InChI=1S/C7H12N4OS/c1-5(8)2-3-9-7(12)6-4-10-11-13-6/h4-5H,2-3,8H2,1H3,(H,9,12). The third-order valence-electron chi connectivity index (χ3n) is 1.47. The number of nitrogens with zero attached hydrogens (tertiary/aromatic N) is 2. The van der Waals surface area contributed by atoms with Crippen molar-refractivity contribution in [1.29, 1.82) is 0 Å². The van der Waals surface area contributed by atoms with Gasteiger partial charge in [0.25, 0.3) is 5.91 Å². The molecule has 3 N–H and O–H groups in total. The first-order valence-electron chi connectivity index (χ1n) is 4.01. The third kappa shape index (κ3) is 3.47. The fraction of sp³-hybridized carbons (Fsp3) is 0.571. The maximum atomic E-state index is 11.3.